The van der Waals surface area contributed by atoms with Crippen molar-refractivity contribution in [1.29, 1.82) is 0 Å². The number of aromatic hydroxyl groups is 1. The topological polar surface area (TPSA) is 49.3 Å². The van der Waals surface area contributed by atoms with Crippen molar-refractivity contribution in [3.63, 3.8) is 0 Å². The first kappa shape index (κ1) is 14.7. The fraction of sp³-hybridized carbons (Fsp3) is 0.533. The average Bonchev–Trinajstić information content (AvgIpc) is 2.29. The lowest BCUT2D eigenvalue weighted by atomic mass is 9.84. The van der Waals surface area contributed by atoms with E-state index < -0.39 is 0 Å². The van der Waals surface area contributed by atoms with Crippen molar-refractivity contribution < 1.29 is 9.90 Å². The third kappa shape index (κ3) is 4.15. The van der Waals surface area contributed by atoms with Crippen LogP contribution in [-0.4, -0.2) is 23.5 Å². The molecule has 0 spiro atoms. The van der Waals surface area contributed by atoms with Gasteiger partial charge in [0.1, 0.15) is 5.75 Å². The highest BCUT2D eigenvalue weighted by molar-refractivity contribution is 5.89. The van der Waals surface area contributed by atoms with Crippen LogP contribution in [0.25, 0.3) is 0 Å². The van der Waals surface area contributed by atoms with Crippen LogP contribution in [-0.2, 0) is 11.2 Å². The zero-order valence-electron chi connectivity index (χ0n) is 11.7. The minimum absolute atomic E-state index is 0.167. The van der Waals surface area contributed by atoms with Crippen LogP contribution in [0.4, 0.5) is 0 Å². The molecular formula is C15H23NO2. The highest BCUT2D eigenvalue weighted by Gasteiger charge is 2.28. The van der Waals surface area contributed by atoms with Gasteiger partial charge in [0.05, 0.1) is 6.04 Å². The molecule has 0 saturated carbocycles. The highest BCUT2D eigenvalue weighted by atomic mass is 16.3. The van der Waals surface area contributed by atoms with Crippen molar-refractivity contribution in [2.45, 2.75) is 40.2 Å². The first-order valence-electron chi connectivity index (χ1n) is 6.40. The summed E-state index contributed by atoms with van der Waals surface area (Å²) in [4.78, 5) is 12.3. The monoisotopic (exact) mass is 249 g/mol. The van der Waals surface area contributed by atoms with Crippen LogP contribution < -0.4 is 5.32 Å². The largest absolute Gasteiger partial charge is 0.508 e. The number of nitrogens with one attached hydrogen (secondary N) is 1. The molecule has 2 N–H and O–H groups in total. The molecule has 1 rings (SSSR count). The standard InChI is InChI=1S/C15H23NO2/c1-5-16-13(14(18)15(2,3)4)10-11-6-8-12(17)9-7-11/h6-9,13,16-17H,5,10H2,1-4H3/t13-/m1/s1. The Morgan fingerprint density at radius 1 is 1.28 bits per heavy atom. The van der Waals surface area contributed by atoms with E-state index in [9.17, 15) is 9.90 Å². The normalized spacial score (nSPS) is 13.3. The van der Waals surface area contributed by atoms with Crippen LogP contribution in [0, 0.1) is 5.41 Å². The molecule has 0 aliphatic carbocycles. The van der Waals surface area contributed by atoms with E-state index in [0.717, 1.165) is 12.1 Å². The Morgan fingerprint density at radius 3 is 2.28 bits per heavy atom. The molecule has 0 heterocycles. The maximum atomic E-state index is 12.3. The Hall–Kier alpha value is -1.35. The Bertz CT molecular complexity index is 390. The van der Waals surface area contributed by atoms with E-state index in [0.29, 0.717) is 6.42 Å². The van der Waals surface area contributed by atoms with Crippen molar-refractivity contribution >= 4 is 5.78 Å². The number of Topliss-reactive ketones (excluding diaryl/α,β-unsaturated/α-hetero) is 1. The summed E-state index contributed by atoms with van der Waals surface area (Å²) in [6.45, 7) is 8.59. The van der Waals surface area contributed by atoms with E-state index >= 15 is 0 Å². The van der Waals surface area contributed by atoms with Gasteiger partial charge in [-0.2, -0.15) is 0 Å². The van der Waals surface area contributed by atoms with E-state index in [1.54, 1.807) is 12.1 Å². The molecule has 3 nitrogen and oxygen atoms in total. The Morgan fingerprint density at radius 2 is 1.83 bits per heavy atom. The summed E-state index contributed by atoms with van der Waals surface area (Å²) < 4.78 is 0. The molecule has 0 unspecified atom stereocenters. The molecule has 0 aliphatic heterocycles. The van der Waals surface area contributed by atoms with Gasteiger partial charge in [0.2, 0.25) is 0 Å². The minimum Gasteiger partial charge on any atom is -0.508 e. The zero-order chi connectivity index (χ0) is 13.8. The van der Waals surface area contributed by atoms with Gasteiger partial charge >= 0.3 is 0 Å². The smallest absolute Gasteiger partial charge is 0.155 e. The lowest BCUT2D eigenvalue weighted by Crippen LogP contribution is -2.44. The summed E-state index contributed by atoms with van der Waals surface area (Å²) in [6.07, 6.45) is 0.657. The first-order valence-corrected chi connectivity index (χ1v) is 6.40. The summed E-state index contributed by atoms with van der Waals surface area (Å²) >= 11 is 0. The molecule has 0 radical (unpaired) electrons. The molecule has 1 aromatic rings. The molecule has 0 bridgehead atoms. The predicted molar refractivity (Wildman–Crippen MR) is 73.7 cm³/mol. The van der Waals surface area contributed by atoms with Gasteiger partial charge in [-0.05, 0) is 30.7 Å². The fourth-order valence-corrected chi connectivity index (χ4v) is 1.89. The SMILES string of the molecule is CCN[C@H](Cc1ccc(O)cc1)C(=O)C(C)(C)C. The third-order valence-corrected chi connectivity index (χ3v) is 2.88. The van der Waals surface area contributed by atoms with Gasteiger partial charge in [-0.15, -0.1) is 0 Å². The molecule has 0 aliphatic rings. The molecule has 0 aromatic heterocycles. The number of phenolic OH excluding ortho intramolecular Hbond substituents is 1. The highest BCUT2D eigenvalue weighted by Crippen LogP contribution is 2.19. The maximum Gasteiger partial charge on any atom is 0.155 e. The van der Waals surface area contributed by atoms with E-state index in [4.69, 9.17) is 0 Å². The molecular weight excluding hydrogens is 226 g/mol. The van der Waals surface area contributed by atoms with Crippen LogP contribution in [0.15, 0.2) is 24.3 Å². The lowest BCUT2D eigenvalue weighted by Gasteiger charge is -2.25. The van der Waals surface area contributed by atoms with E-state index in [1.807, 2.05) is 39.8 Å². The summed E-state index contributed by atoms with van der Waals surface area (Å²) in [5.74, 6) is 0.471. The van der Waals surface area contributed by atoms with Gasteiger partial charge in [-0.25, -0.2) is 0 Å². The van der Waals surface area contributed by atoms with Crippen molar-refractivity contribution in [2.75, 3.05) is 6.54 Å². The number of hydrogen-bond acceptors (Lipinski definition) is 3. The quantitative estimate of drug-likeness (QED) is 0.843. The van der Waals surface area contributed by atoms with Crippen molar-refractivity contribution in [3.8, 4) is 5.75 Å². The second-order valence-corrected chi connectivity index (χ2v) is 5.60. The number of phenols is 1. The molecule has 18 heavy (non-hydrogen) atoms. The van der Waals surface area contributed by atoms with E-state index in [1.165, 1.54) is 0 Å². The second kappa shape index (κ2) is 6.01. The summed E-state index contributed by atoms with van der Waals surface area (Å²) in [5, 5.41) is 12.5. The van der Waals surface area contributed by atoms with E-state index in [2.05, 4.69) is 5.32 Å². The van der Waals surface area contributed by atoms with Gasteiger partial charge in [-0.3, -0.25) is 4.79 Å². The third-order valence-electron chi connectivity index (χ3n) is 2.88. The maximum absolute atomic E-state index is 12.3. The molecule has 1 aromatic carbocycles. The van der Waals surface area contributed by atoms with Gasteiger partial charge in [-0.1, -0.05) is 39.8 Å². The summed E-state index contributed by atoms with van der Waals surface area (Å²) in [5.41, 5.74) is 0.709. The van der Waals surface area contributed by atoms with E-state index in [-0.39, 0.29) is 23.0 Å². The van der Waals surface area contributed by atoms with Crippen LogP contribution in [0.3, 0.4) is 0 Å². The number of ketones is 1. The number of benzene rings is 1. The minimum atomic E-state index is -0.343. The number of carbonyl (C=O) groups excluding carboxylic acids is 1. The molecule has 0 fully saturated rings. The van der Waals surface area contributed by atoms with Gasteiger partial charge in [0.15, 0.2) is 5.78 Å². The predicted octanol–water partition coefficient (Wildman–Crippen LogP) is 2.53. The van der Waals surface area contributed by atoms with Crippen molar-refractivity contribution in [1.82, 2.24) is 5.32 Å². The number of hydrogen-bond donors (Lipinski definition) is 2. The zero-order valence-corrected chi connectivity index (χ0v) is 11.7. The second-order valence-electron chi connectivity index (χ2n) is 5.60. The first-order chi connectivity index (χ1) is 8.34. The van der Waals surface area contributed by atoms with Crippen molar-refractivity contribution in [3.05, 3.63) is 29.8 Å². The van der Waals surface area contributed by atoms with Gasteiger partial charge in [0, 0.05) is 5.41 Å². The summed E-state index contributed by atoms with van der Waals surface area (Å²) in [6, 6.07) is 6.85. The number of likely N-dealkylation sites (N-methyl/N-ethyl adjacent to an activating group) is 1. The van der Waals surface area contributed by atoms with Crippen LogP contribution in [0.2, 0.25) is 0 Å². The molecule has 100 valence electrons. The van der Waals surface area contributed by atoms with Gasteiger partial charge < -0.3 is 10.4 Å². The Balaban J connectivity index is 2.80. The molecule has 3 heteroatoms. The van der Waals surface area contributed by atoms with Crippen molar-refractivity contribution in [2.24, 2.45) is 5.41 Å². The Kier molecular flexibility index (Phi) is 4.91. The number of rotatable bonds is 5. The van der Waals surface area contributed by atoms with Crippen LogP contribution in [0.1, 0.15) is 33.3 Å². The molecule has 0 amide bonds. The molecule has 0 saturated heterocycles. The fourth-order valence-electron chi connectivity index (χ4n) is 1.89. The molecule has 1 atom stereocenters. The van der Waals surface area contributed by atoms with Crippen LogP contribution in [0.5, 0.6) is 5.75 Å². The summed E-state index contributed by atoms with van der Waals surface area (Å²) in [7, 11) is 0. The number of carbonyl (C=O) groups is 1. The Labute approximate surface area is 109 Å². The lowest BCUT2D eigenvalue weighted by molar-refractivity contribution is -0.128. The van der Waals surface area contributed by atoms with Gasteiger partial charge in [0.25, 0.3) is 0 Å². The average molecular weight is 249 g/mol. The van der Waals surface area contributed by atoms with Crippen LogP contribution >= 0.6 is 0 Å².